The van der Waals surface area contributed by atoms with Crippen molar-refractivity contribution in [2.24, 2.45) is 7.05 Å². The minimum absolute atomic E-state index is 0.0955. The molecule has 3 aromatic heterocycles. The lowest BCUT2D eigenvalue weighted by atomic mass is 10.3. The van der Waals surface area contributed by atoms with E-state index in [1.807, 2.05) is 23.9 Å². The van der Waals surface area contributed by atoms with Gasteiger partial charge in [-0.2, -0.15) is 0 Å². The summed E-state index contributed by atoms with van der Waals surface area (Å²) in [4.78, 5) is 17.2. The Morgan fingerprint density at radius 1 is 1.29 bits per heavy atom. The molecule has 0 saturated heterocycles. The van der Waals surface area contributed by atoms with Gasteiger partial charge in [0, 0.05) is 30.4 Å². The first-order valence-corrected chi connectivity index (χ1v) is 10.3. The summed E-state index contributed by atoms with van der Waals surface area (Å²) in [6.07, 6.45) is 1.35. The predicted molar refractivity (Wildman–Crippen MR) is 105 cm³/mol. The van der Waals surface area contributed by atoms with Crippen LogP contribution in [0.4, 0.5) is 4.39 Å². The molecule has 0 aliphatic rings. The fraction of sp³-hybridized carbons (Fsp3) is 0.222. The van der Waals surface area contributed by atoms with Gasteiger partial charge in [-0.3, -0.25) is 9.20 Å². The minimum atomic E-state index is -0.359. The SMILES string of the molecule is CC(Oc1ccc(F)cc1)c1nnc(SCc2cc(=O)n3ccsc3n2)n1C. The maximum absolute atomic E-state index is 13.0. The van der Waals surface area contributed by atoms with Gasteiger partial charge in [-0.25, -0.2) is 9.37 Å². The highest BCUT2D eigenvalue weighted by molar-refractivity contribution is 7.98. The molecule has 4 aromatic rings. The molecule has 0 spiro atoms. The molecular formula is C18H16FN5O2S2. The van der Waals surface area contributed by atoms with E-state index in [1.54, 1.807) is 18.3 Å². The Labute approximate surface area is 167 Å². The van der Waals surface area contributed by atoms with Crippen LogP contribution in [0.2, 0.25) is 0 Å². The first-order chi connectivity index (χ1) is 13.5. The molecular weight excluding hydrogens is 401 g/mol. The monoisotopic (exact) mass is 417 g/mol. The van der Waals surface area contributed by atoms with E-state index in [1.165, 1.54) is 45.7 Å². The lowest BCUT2D eigenvalue weighted by Gasteiger charge is -2.14. The number of benzene rings is 1. The fourth-order valence-electron chi connectivity index (χ4n) is 2.68. The second-order valence-electron chi connectivity index (χ2n) is 6.04. The first-order valence-electron chi connectivity index (χ1n) is 8.41. The van der Waals surface area contributed by atoms with E-state index in [-0.39, 0.29) is 17.5 Å². The van der Waals surface area contributed by atoms with E-state index < -0.39 is 0 Å². The number of fused-ring (bicyclic) bond motifs is 1. The van der Waals surface area contributed by atoms with Gasteiger partial charge in [0.1, 0.15) is 11.6 Å². The molecule has 3 heterocycles. The van der Waals surface area contributed by atoms with Crippen LogP contribution in [0.5, 0.6) is 5.75 Å². The number of aromatic nitrogens is 5. The molecule has 144 valence electrons. The number of thiazole rings is 1. The van der Waals surface area contributed by atoms with Crippen LogP contribution in [0.3, 0.4) is 0 Å². The third-order valence-corrected chi connectivity index (χ3v) is 5.87. The zero-order valence-corrected chi connectivity index (χ0v) is 16.7. The first kappa shape index (κ1) is 18.6. The molecule has 28 heavy (non-hydrogen) atoms. The van der Waals surface area contributed by atoms with Crippen molar-refractivity contribution in [3.8, 4) is 5.75 Å². The molecule has 1 aromatic carbocycles. The molecule has 10 heteroatoms. The highest BCUT2D eigenvalue weighted by Gasteiger charge is 2.18. The zero-order chi connectivity index (χ0) is 19.7. The van der Waals surface area contributed by atoms with Crippen molar-refractivity contribution < 1.29 is 9.13 Å². The second-order valence-corrected chi connectivity index (χ2v) is 7.86. The summed E-state index contributed by atoms with van der Waals surface area (Å²) in [6, 6.07) is 7.37. The summed E-state index contributed by atoms with van der Waals surface area (Å²) >= 11 is 2.86. The number of thioether (sulfide) groups is 1. The molecule has 0 N–H and O–H groups in total. The normalized spacial score (nSPS) is 12.4. The average Bonchev–Trinajstić information content (AvgIpc) is 3.29. The Hall–Kier alpha value is -2.72. The van der Waals surface area contributed by atoms with Crippen LogP contribution >= 0.6 is 23.1 Å². The Morgan fingerprint density at radius 3 is 2.86 bits per heavy atom. The van der Waals surface area contributed by atoms with Gasteiger partial charge in [0.25, 0.3) is 5.56 Å². The summed E-state index contributed by atoms with van der Waals surface area (Å²) in [5, 5.41) is 10.9. The summed E-state index contributed by atoms with van der Waals surface area (Å²) in [6.45, 7) is 1.86. The van der Waals surface area contributed by atoms with Crippen LogP contribution in [-0.2, 0) is 12.8 Å². The van der Waals surface area contributed by atoms with E-state index in [0.29, 0.717) is 33.1 Å². The quantitative estimate of drug-likeness (QED) is 0.448. The second kappa shape index (κ2) is 7.72. The number of rotatable bonds is 6. The van der Waals surface area contributed by atoms with Crippen molar-refractivity contribution in [3.63, 3.8) is 0 Å². The predicted octanol–water partition coefficient (Wildman–Crippen LogP) is 3.46. The Balaban J connectivity index is 1.46. The molecule has 0 radical (unpaired) electrons. The van der Waals surface area contributed by atoms with E-state index in [9.17, 15) is 9.18 Å². The molecule has 4 rings (SSSR count). The van der Waals surface area contributed by atoms with Crippen molar-refractivity contribution in [3.05, 3.63) is 69.6 Å². The van der Waals surface area contributed by atoms with E-state index >= 15 is 0 Å². The number of halogens is 1. The topological polar surface area (TPSA) is 74.3 Å². The van der Waals surface area contributed by atoms with Gasteiger partial charge in [-0.15, -0.1) is 21.5 Å². The standard InChI is InChI=1S/C18H16FN5O2S2/c1-11(26-14-5-3-12(19)4-6-14)16-21-22-18(23(16)2)28-10-13-9-15(25)24-7-8-27-17(24)20-13/h3-9,11H,10H2,1-2H3. The van der Waals surface area contributed by atoms with Crippen LogP contribution in [0.15, 0.2) is 51.9 Å². The maximum atomic E-state index is 13.0. The minimum Gasteiger partial charge on any atom is -0.483 e. The number of ether oxygens (including phenoxy) is 1. The molecule has 7 nitrogen and oxygen atoms in total. The molecule has 0 bridgehead atoms. The third kappa shape index (κ3) is 3.78. The lowest BCUT2D eigenvalue weighted by Crippen LogP contribution is -2.12. The van der Waals surface area contributed by atoms with Gasteiger partial charge in [0.2, 0.25) is 0 Å². The molecule has 0 aliphatic heterocycles. The van der Waals surface area contributed by atoms with Crippen molar-refractivity contribution in [1.82, 2.24) is 24.1 Å². The fourth-order valence-corrected chi connectivity index (χ4v) is 4.23. The van der Waals surface area contributed by atoms with Crippen LogP contribution < -0.4 is 10.3 Å². The van der Waals surface area contributed by atoms with Gasteiger partial charge < -0.3 is 9.30 Å². The summed E-state index contributed by atoms with van der Waals surface area (Å²) < 4.78 is 22.2. The zero-order valence-electron chi connectivity index (χ0n) is 15.1. The third-order valence-electron chi connectivity index (χ3n) is 4.06. The largest absolute Gasteiger partial charge is 0.483 e. The number of nitrogens with zero attached hydrogens (tertiary/aromatic N) is 5. The van der Waals surface area contributed by atoms with Crippen LogP contribution in [0.25, 0.3) is 4.96 Å². The summed E-state index contributed by atoms with van der Waals surface area (Å²) in [7, 11) is 1.85. The van der Waals surface area contributed by atoms with Crippen LogP contribution in [0.1, 0.15) is 24.5 Å². The van der Waals surface area contributed by atoms with Crippen LogP contribution in [0, 0.1) is 5.82 Å². The van der Waals surface area contributed by atoms with Gasteiger partial charge in [-0.05, 0) is 31.2 Å². The Morgan fingerprint density at radius 2 is 2.07 bits per heavy atom. The average molecular weight is 417 g/mol. The highest BCUT2D eigenvalue weighted by atomic mass is 32.2. The Bertz CT molecular complexity index is 1170. The molecule has 1 atom stereocenters. The van der Waals surface area contributed by atoms with Crippen molar-refractivity contribution >= 4 is 28.1 Å². The van der Waals surface area contributed by atoms with Crippen molar-refractivity contribution in [2.45, 2.75) is 23.9 Å². The van der Waals surface area contributed by atoms with Crippen molar-refractivity contribution in [1.29, 1.82) is 0 Å². The molecule has 0 amide bonds. The van der Waals surface area contributed by atoms with Gasteiger partial charge in [0.05, 0.1) is 5.69 Å². The molecule has 0 saturated carbocycles. The Kier molecular flexibility index (Phi) is 5.14. The lowest BCUT2D eigenvalue weighted by molar-refractivity contribution is 0.211. The van der Waals surface area contributed by atoms with E-state index in [4.69, 9.17) is 4.74 Å². The van der Waals surface area contributed by atoms with Crippen molar-refractivity contribution in [2.75, 3.05) is 0 Å². The van der Waals surface area contributed by atoms with Gasteiger partial charge in [-0.1, -0.05) is 11.8 Å². The smallest absolute Gasteiger partial charge is 0.258 e. The molecule has 0 aliphatic carbocycles. The van der Waals surface area contributed by atoms with Gasteiger partial charge >= 0.3 is 0 Å². The van der Waals surface area contributed by atoms with Crippen LogP contribution in [-0.4, -0.2) is 24.1 Å². The number of hydrogen-bond acceptors (Lipinski definition) is 7. The number of hydrogen-bond donors (Lipinski definition) is 0. The summed E-state index contributed by atoms with van der Waals surface area (Å²) in [5.41, 5.74) is 0.597. The molecule has 0 fully saturated rings. The van der Waals surface area contributed by atoms with Gasteiger partial charge in [0.15, 0.2) is 22.0 Å². The van der Waals surface area contributed by atoms with E-state index in [0.717, 1.165) is 0 Å². The maximum Gasteiger partial charge on any atom is 0.258 e. The molecule has 1 unspecified atom stereocenters. The van der Waals surface area contributed by atoms with E-state index in [2.05, 4.69) is 15.2 Å². The summed E-state index contributed by atoms with van der Waals surface area (Å²) in [5.74, 6) is 1.39. The highest BCUT2D eigenvalue weighted by Crippen LogP contribution is 2.25.